The van der Waals surface area contributed by atoms with Crippen LogP contribution in [0.3, 0.4) is 0 Å². The molecule has 2 saturated heterocycles. The number of nitrogens with one attached hydrogen (secondary N) is 1. The number of carbonyl (C=O) groups is 1. The highest BCUT2D eigenvalue weighted by Gasteiger charge is 2.25. The standard InChI is InChI=1S/C13H25N3O/c1-14-13(17)11-15-9-5-12(6-10-15)16-7-3-2-4-8-16/h12H,2-11H2,1H3,(H,14,17). The number of hydrogen-bond acceptors (Lipinski definition) is 3. The van der Waals surface area contributed by atoms with Gasteiger partial charge in [-0.1, -0.05) is 6.42 Å². The molecule has 0 aliphatic carbocycles. The van der Waals surface area contributed by atoms with Crippen LogP contribution in [-0.4, -0.2) is 61.5 Å². The third-order valence-electron chi connectivity index (χ3n) is 4.11. The van der Waals surface area contributed by atoms with Crippen molar-refractivity contribution in [2.45, 2.75) is 38.1 Å². The number of rotatable bonds is 3. The van der Waals surface area contributed by atoms with E-state index in [1.54, 1.807) is 7.05 Å². The van der Waals surface area contributed by atoms with Crippen LogP contribution in [0.2, 0.25) is 0 Å². The molecule has 0 aromatic heterocycles. The van der Waals surface area contributed by atoms with Gasteiger partial charge >= 0.3 is 0 Å². The number of carbonyl (C=O) groups excluding carboxylic acids is 1. The van der Waals surface area contributed by atoms with Gasteiger partial charge in [-0.2, -0.15) is 0 Å². The molecule has 0 spiro atoms. The van der Waals surface area contributed by atoms with Crippen LogP contribution in [0.15, 0.2) is 0 Å². The van der Waals surface area contributed by atoms with E-state index >= 15 is 0 Å². The first-order valence-corrected chi connectivity index (χ1v) is 6.96. The molecule has 0 radical (unpaired) electrons. The minimum Gasteiger partial charge on any atom is -0.358 e. The lowest BCUT2D eigenvalue weighted by atomic mass is 10.00. The number of nitrogens with zero attached hydrogens (tertiary/aromatic N) is 2. The van der Waals surface area contributed by atoms with Gasteiger partial charge in [0, 0.05) is 26.2 Å². The van der Waals surface area contributed by atoms with Crippen molar-refractivity contribution in [3.8, 4) is 0 Å². The topological polar surface area (TPSA) is 35.6 Å². The van der Waals surface area contributed by atoms with Gasteiger partial charge in [0.15, 0.2) is 0 Å². The second-order valence-corrected chi connectivity index (χ2v) is 5.28. The molecular weight excluding hydrogens is 214 g/mol. The zero-order valence-corrected chi connectivity index (χ0v) is 11.0. The second kappa shape index (κ2) is 6.36. The monoisotopic (exact) mass is 239 g/mol. The molecule has 1 N–H and O–H groups in total. The quantitative estimate of drug-likeness (QED) is 0.787. The van der Waals surface area contributed by atoms with Gasteiger partial charge in [-0.25, -0.2) is 0 Å². The Morgan fingerprint density at radius 3 is 2.35 bits per heavy atom. The molecule has 0 atom stereocenters. The molecule has 2 aliphatic heterocycles. The minimum atomic E-state index is 0.140. The van der Waals surface area contributed by atoms with Crippen LogP contribution in [0, 0.1) is 0 Å². The zero-order valence-electron chi connectivity index (χ0n) is 11.0. The predicted octanol–water partition coefficient (Wildman–Crippen LogP) is 0.683. The molecule has 2 fully saturated rings. The fraction of sp³-hybridized carbons (Fsp3) is 0.923. The highest BCUT2D eigenvalue weighted by Crippen LogP contribution is 2.20. The molecule has 1 amide bonds. The Morgan fingerprint density at radius 2 is 1.76 bits per heavy atom. The first-order valence-electron chi connectivity index (χ1n) is 6.96. The van der Waals surface area contributed by atoms with Gasteiger partial charge in [0.2, 0.25) is 5.91 Å². The first-order chi connectivity index (χ1) is 8.29. The summed E-state index contributed by atoms with van der Waals surface area (Å²) in [4.78, 5) is 16.2. The van der Waals surface area contributed by atoms with Crippen molar-refractivity contribution in [3.05, 3.63) is 0 Å². The highest BCUT2D eigenvalue weighted by molar-refractivity contribution is 5.77. The molecule has 17 heavy (non-hydrogen) atoms. The second-order valence-electron chi connectivity index (χ2n) is 5.28. The van der Waals surface area contributed by atoms with Crippen molar-refractivity contribution in [1.29, 1.82) is 0 Å². The normalized spacial score (nSPS) is 24.8. The van der Waals surface area contributed by atoms with Crippen LogP contribution < -0.4 is 5.32 Å². The molecular formula is C13H25N3O. The van der Waals surface area contributed by atoms with Gasteiger partial charge in [-0.05, 0) is 38.8 Å². The molecule has 0 aromatic rings. The molecule has 98 valence electrons. The lowest BCUT2D eigenvalue weighted by Crippen LogP contribution is -2.48. The minimum absolute atomic E-state index is 0.140. The van der Waals surface area contributed by atoms with Crippen LogP contribution in [0.25, 0.3) is 0 Å². The molecule has 0 saturated carbocycles. The lowest BCUT2D eigenvalue weighted by molar-refractivity contribution is -0.122. The Labute approximate surface area is 104 Å². The van der Waals surface area contributed by atoms with Crippen LogP contribution >= 0.6 is 0 Å². The summed E-state index contributed by atoms with van der Waals surface area (Å²) in [5.74, 6) is 0.140. The van der Waals surface area contributed by atoms with Crippen LogP contribution in [0.1, 0.15) is 32.1 Å². The third-order valence-corrected chi connectivity index (χ3v) is 4.11. The molecule has 4 nitrogen and oxygen atoms in total. The van der Waals surface area contributed by atoms with Crippen molar-refractivity contribution in [1.82, 2.24) is 15.1 Å². The summed E-state index contributed by atoms with van der Waals surface area (Å²) < 4.78 is 0. The fourth-order valence-corrected chi connectivity index (χ4v) is 3.01. The van der Waals surface area contributed by atoms with Gasteiger partial charge < -0.3 is 10.2 Å². The van der Waals surface area contributed by atoms with Crippen molar-refractivity contribution in [3.63, 3.8) is 0 Å². The van der Waals surface area contributed by atoms with Gasteiger partial charge in [-0.3, -0.25) is 9.69 Å². The molecule has 2 aliphatic rings. The van der Waals surface area contributed by atoms with Crippen LogP contribution in [-0.2, 0) is 4.79 Å². The Bertz CT molecular complexity index is 243. The summed E-state index contributed by atoms with van der Waals surface area (Å²) in [6.07, 6.45) is 6.62. The molecule has 4 heteroatoms. The highest BCUT2D eigenvalue weighted by atomic mass is 16.1. The van der Waals surface area contributed by atoms with E-state index in [4.69, 9.17) is 0 Å². The lowest BCUT2D eigenvalue weighted by Gasteiger charge is -2.40. The summed E-state index contributed by atoms with van der Waals surface area (Å²) in [5.41, 5.74) is 0. The summed E-state index contributed by atoms with van der Waals surface area (Å²) in [6.45, 7) is 5.31. The van der Waals surface area contributed by atoms with Gasteiger partial charge in [-0.15, -0.1) is 0 Å². The molecule has 0 bridgehead atoms. The van der Waals surface area contributed by atoms with Crippen molar-refractivity contribution >= 4 is 5.91 Å². The van der Waals surface area contributed by atoms with E-state index in [1.165, 1.54) is 45.2 Å². The van der Waals surface area contributed by atoms with Crippen molar-refractivity contribution in [2.24, 2.45) is 0 Å². The Balaban J connectivity index is 1.71. The average Bonchev–Trinajstić information content (AvgIpc) is 2.40. The summed E-state index contributed by atoms with van der Waals surface area (Å²) >= 11 is 0. The van der Waals surface area contributed by atoms with E-state index < -0.39 is 0 Å². The average molecular weight is 239 g/mol. The Hall–Kier alpha value is -0.610. The number of likely N-dealkylation sites (N-methyl/N-ethyl adjacent to an activating group) is 1. The maximum absolute atomic E-state index is 11.3. The van der Waals surface area contributed by atoms with E-state index in [2.05, 4.69) is 15.1 Å². The Morgan fingerprint density at radius 1 is 1.12 bits per heavy atom. The number of amides is 1. The maximum Gasteiger partial charge on any atom is 0.233 e. The van der Waals surface area contributed by atoms with E-state index in [0.29, 0.717) is 6.54 Å². The van der Waals surface area contributed by atoms with Gasteiger partial charge in [0.25, 0.3) is 0 Å². The molecule has 0 aromatic carbocycles. The number of piperidine rings is 2. The third kappa shape index (κ3) is 3.68. The largest absolute Gasteiger partial charge is 0.358 e. The van der Waals surface area contributed by atoms with Crippen LogP contribution in [0.5, 0.6) is 0 Å². The fourth-order valence-electron chi connectivity index (χ4n) is 3.01. The van der Waals surface area contributed by atoms with Gasteiger partial charge in [0.1, 0.15) is 0 Å². The summed E-state index contributed by atoms with van der Waals surface area (Å²) in [5, 5.41) is 2.70. The van der Waals surface area contributed by atoms with E-state index in [-0.39, 0.29) is 5.91 Å². The van der Waals surface area contributed by atoms with Gasteiger partial charge in [0.05, 0.1) is 6.54 Å². The van der Waals surface area contributed by atoms with Crippen molar-refractivity contribution < 1.29 is 4.79 Å². The number of hydrogen-bond donors (Lipinski definition) is 1. The molecule has 0 unspecified atom stereocenters. The predicted molar refractivity (Wildman–Crippen MR) is 69.0 cm³/mol. The zero-order chi connectivity index (χ0) is 12.1. The SMILES string of the molecule is CNC(=O)CN1CCC(N2CCCCC2)CC1. The van der Waals surface area contributed by atoms with E-state index in [1.807, 2.05) is 0 Å². The summed E-state index contributed by atoms with van der Waals surface area (Å²) in [7, 11) is 1.71. The van der Waals surface area contributed by atoms with Crippen LogP contribution in [0.4, 0.5) is 0 Å². The van der Waals surface area contributed by atoms with Crippen molar-refractivity contribution in [2.75, 3.05) is 39.8 Å². The number of likely N-dealkylation sites (tertiary alicyclic amines) is 2. The molecule has 2 rings (SSSR count). The Kier molecular flexibility index (Phi) is 4.80. The maximum atomic E-state index is 11.3. The molecule has 2 heterocycles. The van der Waals surface area contributed by atoms with E-state index in [0.717, 1.165) is 19.1 Å². The first kappa shape index (κ1) is 12.8. The smallest absolute Gasteiger partial charge is 0.233 e. The summed E-state index contributed by atoms with van der Waals surface area (Å²) in [6, 6.07) is 0.774. The van der Waals surface area contributed by atoms with E-state index in [9.17, 15) is 4.79 Å².